The molecule has 1 aliphatic rings. The number of para-hydroxylation sites is 7. The Hall–Kier alpha value is -13.0. The van der Waals surface area contributed by atoms with E-state index in [0.717, 1.165) is 101 Å². The van der Waals surface area contributed by atoms with Crippen LogP contribution in [0.4, 0.5) is 0 Å². The molecule has 9 nitrogen and oxygen atoms in total. The molecular weight excluding hydrogens is 1230 g/mol. The van der Waals surface area contributed by atoms with Crippen LogP contribution in [0.3, 0.4) is 0 Å². The summed E-state index contributed by atoms with van der Waals surface area (Å²) in [5.41, 5.74) is 19.0. The predicted octanol–water partition coefficient (Wildman–Crippen LogP) is 23.6. The first kappa shape index (κ1) is 56.4. The number of benzene rings is 14. The lowest BCUT2D eigenvalue weighted by atomic mass is 10.0. The molecule has 0 N–H and O–H groups in total. The quantitative estimate of drug-likeness (QED) is 0.159. The number of hydrogen-bond donors (Lipinski definition) is 0. The van der Waals surface area contributed by atoms with Gasteiger partial charge in [-0.05, 0) is 135 Å². The van der Waals surface area contributed by atoms with E-state index < -0.39 is 0 Å². The summed E-state index contributed by atoms with van der Waals surface area (Å²) in [6.45, 7) is 0. The Kier molecular flexibility index (Phi) is 12.9. The Morgan fingerprint density at radius 3 is 1.30 bits per heavy atom. The van der Waals surface area contributed by atoms with Crippen LogP contribution < -0.4 is 0 Å². The maximum Gasteiger partial charge on any atom is 0.233 e. The van der Waals surface area contributed by atoms with Gasteiger partial charge in [-0.1, -0.05) is 242 Å². The number of fused-ring (bicyclic) bond motifs is 20. The number of hydrogen-bond acceptors (Lipinski definition) is 6. The van der Waals surface area contributed by atoms with E-state index in [1.54, 1.807) is 0 Å². The van der Waals surface area contributed by atoms with Crippen molar-refractivity contribution in [1.82, 2.24) is 33.6 Å². The smallest absolute Gasteiger partial charge is 0.233 e. The van der Waals surface area contributed by atoms with E-state index in [1.807, 2.05) is 54.6 Å². The van der Waals surface area contributed by atoms with Gasteiger partial charge in [-0.2, -0.15) is 9.97 Å². The zero-order valence-corrected chi connectivity index (χ0v) is 53.8. The molecule has 0 spiro atoms. The fraction of sp³-hybridized carbons (Fsp3) is 0.0112. The molecule has 1 aliphatic carbocycles. The number of nitrogens with zero attached hydrogens (tertiary/aromatic N) is 7. The Morgan fingerprint density at radius 1 is 0.283 bits per heavy atom. The topological polar surface area (TPSA) is 92.6 Å². The third kappa shape index (κ3) is 9.16. The van der Waals surface area contributed by atoms with Gasteiger partial charge in [0.2, 0.25) is 11.4 Å². The summed E-state index contributed by atoms with van der Waals surface area (Å²) < 4.78 is 19.4. The molecule has 0 bridgehead atoms. The van der Waals surface area contributed by atoms with E-state index >= 15 is 0 Å². The predicted molar refractivity (Wildman–Crippen MR) is 407 cm³/mol. The zero-order chi connectivity index (χ0) is 65.2. The maximum atomic E-state index is 6.63. The lowest BCUT2D eigenvalue weighted by molar-refractivity contribution is 0.653. The largest absolute Gasteiger partial charge is 0.438 e. The molecule has 22 rings (SSSR count). The molecule has 10 heteroatoms. The first-order valence-electron chi connectivity index (χ1n) is 33.2. The Morgan fingerprint density at radius 2 is 0.707 bits per heavy atom. The molecule has 0 saturated heterocycles. The van der Waals surface area contributed by atoms with Crippen molar-refractivity contribution in [2.75, 3.05) is 0 Å². The molecule has 0 unspecified atom stereocenters. The summed E-state index contributed by atoms with van der Waals surface area (Å²) in [5.74, 6) is 1.95. The second-order valence-electron chi connectivity index (χ2n) is 25.4. The molecule has 7 aromatic heterocycles. The Bertz CT molecular complexity index is 6860. The van der Waals surface area contributed by atoms with Gasteiger partial charge in [0.15, 0.2) is 17.5 Å². The second kappa shape index (κ2) is 22.6. The maximum absolute atomic E-state index is 6.63. The minimum absolute atomic E-state index is 0.392. The van der Waals surface area contributed by atoms with E-state index in [2.05, 4.69) is 280 Å². The van der Waals surface area contributed by atoms with E-state index in [1.165, 1.54) is 76.1 Å². The first-order chi connectivity index (χ1) is 49.0. The van der Waals surface area contributed by atoms with Crippen LogP contribution in [0.5, 0.6) is 0 Å². The summed E-state index contributed by atoms with van der Waals surface area (Å²) in [6, 6.07) is 110. The average molecular weight is 1290 g/mol. The summed E-state index contributed by atoms with van der Waals surface area (Å²) in [7, 11) is 0. The van der Waals surface area contributed by atoms with Crippen molar-refractivity contribution >= 4 is 143 Å². The molecule has 99 heavy (non-hydrogen) atoms. The monoisotopic (exact) mass is 1290 g/mol. The van der Waals surface area contributed by atoms with Crippen LogP contribution in [0.2, 0.25) is 5.15 Å². The van der Waals surface area contributed by atoms with Crippen molar-refractivity contribution < 1.29 is 8.83 Å². The van der Waals surface area contributed by atoms with Crippen molar-refractivity contribution in [2.24, 2.45) is 0 Å². The molecule has 0 amide bonds. The highest BCUT2D eigenvalue weighted by molar-refractivity contribution is 6.36. The molecule has 0 atom stereocenters. The van der Waals surface area contributed by atoms with Gasteiger partial charge in [0.1, 0.15) is 16.3 Å². The van der Waals surface area contributed by atoms with Crippen LogP contribution in [0.15, 0.2) is 324 Å². The van der Waals surface area contributed by atoms with Crippen LogP contribution in [-0.4, -0.2) is 33.6 Å². The first-order valence-corrected chi connectivity index (χ1v) is 33.6. The van der Waals surface area contributed by atoms with Crippen molar-refractivity contribution in [3.8, 4) is 51.1 Å². The van der Waals surface area contributed by atoms with Crippen LogP contribution in [-0.2, 0) is 6.42 Å². The van der Waals surface area contributed by atoms with Crippen molar-refractivity contribution in [3.63, 3.8) is 0 Å². The van der Waals surface area contributed by atoms with Crippen LogP contribution in [0, 0.1) is 0 Å². The summed E-state index contributed by atoms with van der Waals surface area (Å²) in [5, 5.41) is 16.2. The van der Waals surface area contributed by atoms with Gasteiger partial charge in [-0.25, -0.2) is 9.97 Å². The fourth-order valence-corrected chi connectivity index (χ4v) is 15.5. The molecule has 14 aromatic carbocycles. The molecular formula is C89H54ClN7O2. The zero-order valence-electron chi connectivity index (χ0n) is 53.1. The summed E-state index contributed by atoms with van der Waals surface area (Å²) in [4.78, 5) is 20.0. The van der Waals surface area contributed by atoms with Crippen LogP contribution in [0.25, 0.3) is 182 Å². The Balaban J connectivity index is 0.000000113. The average Bonchev–Trinajstić information content (AvgIpc) is 1.58. The minimum atomic E-state index is 0.392. The fourth-order valence-electron chi connectivity index (χ4n) is 15.2. The second-order valence-corrected chi connectivity index (χ2v) is 25.7. The highest BCUT2D eigenvalue weighted by Crippen LogP contribution is 2.44. The van der Waals surface area contributed by atoms with Crippen LogP contribution >= 0.6 is 11.6 Å². The van der Waals surface area contributed by atoms with Crippen molar-refractivity contribution in [1.29, 1.82) is 0 Å². The van der Waals surface area contributed by atoms with Gasteiger partial charge in [0.05, 0.1) is 43.9 Å². The number of furan rings is 2. The summed E-state index contributed by atoms with van der Waals surface area (Å²) >= 11 is 6.63. The standard InChI is InChI=1S/C44H26N4O.C28H16ClN3O.C17H12/c1-2-14-30(15-3-1)47-36-19-9-6-16-31(36)33-23-22-29(26-38(33)47)42-45-43(41-34-18-8-11-21-40(34)49-44(41)46-42)48-37-20-10-7-17-32(37)35-24-27-12-4-5-13-28(27)25-39(35)48;29-26-25-21-11-5-7-13-24(21)33-28(25)31-27(30-26)17-14-15-20-19-10-4-6-12-22(19)32(23(20)16-17)18-8-2-1-3-9-18;1-2-6-13-11-17-15(9-12(13)5-1)10-14-7-3-4-8-16(14)17/h1-26H;1-16H;1-9,11H,10H2. The molecule has 7 heterocycles. The van der Waals surface area contributed by atoms with Crippen molar-refractivity contribution in [2.45, 2.75) is 6.42 Å². The van der Waals surface area contributed by atoms with Crippen LogP contribution in [0.1, 0.15) is 11.1 Å². The number of halogens is 1. The van der Waals surface area contributed by atoms with Gasteiger partial charge >= 0.3 is 0 Å². The van der Waals surface area contributed by atoms with Gasteiger partial charge < -0.3 is 18.0 Å². The molecule has 0 saturated carbocycles. The van der Waals surface area contributed by atoms with E-state index in [0.29, 0.717) is 28.2 Å². The molecule has 21 aromatic rings. The third-order valence-corrected chi connectivity index (χ3v) is 20.0. The number of rotatable bonds is 5. The number of aromatic nitrogens is 7. The highest BCUT2D eigenvalue weighted by atomic mass is 35.5. The lowest BCUT2D eigenvalue weighted by Crippen LogP contribution is -2.02. The summed E-state index contributed by atoms with van der Waals surface area (Å²) in [6.07, 6.45) is 1.08. The van der Waals surface area contributed by atoms with E-state index in [4.69, 9.17) is 35.4 Å². The SMILES string of the molecule is Clc1nc(-c2ccc3c4ccccc4n(-c4ccccc4)c3c2)nc2oc3ccccc3c12.c1ccc(-n2c3ccccc3c3ccc(-c4nc(-n5c6ccccc6c6cc7ccccc7cc65)c5c(n4)oc4ccccc45)cc32)cc1.c1ccc2c(c1)Cc1cc3ccccc3cc1-2. The Labute approximate surface area is 570 Å². The van der Waals surface area contributed by atoms with Gasteiger partial charge in [-0.15, -0.1) is 0 Å². The molecule has 464 valence electrons. The third-order valence-electron chi connectivity index (χ3n) is 19.7. The normalized spacial score (nSPS) is 12.1. The lowest BCUT2D eigenvalue weighted by Gasteiger charge is -2.12. The van der Waals surface area contributed by atoms with Gasteiger partial charge in [0.25, 0.3) is 0 Å². The molecule has 0 fully saturated rings. The van der Waals surface area contributed by atoms with E-state index in [-0.39, 0.29) is 0 Å². The highest BCUT2D eigenvalue weighted by Gasteiger charge is 2.25. The molecule has 0 aliphatic heterocycles. The minimum Gasteiger partial charge on any atom is -0.438 e. The van der Waals surface area contributed by atoms with Gasteiger partial charge in [-0.3, -0.25) is 4.57 Å². The van der Waals surface area contributed by atoms with E-state index in [9.17, 15) is 0 Å². The van der Waals surface area contributed by atoms with Gasteiger partial charge in [0, 0.05) is 65.6 Å². The molecule has 0 radical (unpaired) electrons. The van der Waals surface area contributed by atoms with Crippen molar-refractivity contribution in [3.05, 3.63) is 332 Å².